The maximum Gasteiger partial charge on any atom is 0.274 e. The Morgan fingerprint density at radius 3 is 2.35 bits per heavy atom. The van der Waals surface area contributed by atoms with Gasteiger partial charge in [-0.2, -0.15) is 0 Å². The van der Waals surface area contributed by atoms with E-state index < -0.39 is 29.9 Å². The van der Waals surface area contributed by atoms with E-state index in [9.17, 15) is 14.4 Å². The molecular formula is C26H30N8O4S2. The van der Waals surface area contributed by atoms with Crippen molar-refractivity contribution in [1.82, 2.24) is 40.5 Å². The van der Waals surface area contributed by atoms with Gasteiger partial charge in [0.15, 0.2) is 5.69 Å². The lowest BCUT2D eigenvalue weighted by molar-refractivity contribution is 0.0914. The van der Waals surface area contributed by atoms with Crippen LogP contribution in [0.5, 0.6) is 0 Å². The van der Waals surface area contributed by atoms with Gasteiger partial charge < -0.3 is 24.9 Å². The molecule has 0 saturated carbocycles. The minimum atomic E-state index is -0.617. The molecule has 3 amide bonds. The number of carbonyl (C=O) groups is 3. The maximum atomic E-state index is 13.4. The first-order chi connectivity index (χ1) is 19.1. The smallest absolute Gasteiger partial charge is 0.274 e. The number of fused-ring (bicyclic) bond motifs is 6. The van der Waals surface area contributed by atoms with Crippen molar-refractivity contribution >= 4 is 40.4 Å². The third-order valence-corrected chi connectivity index (χ3v) is 8.84. The average Bonchev–Trinajstić information content (AvgIpc) is 3.73. The normalized spacial score (nSPS) is 20.7. The van der Waals surface area contributed by atoms with Gasteiger partial charge in [-0.15, -0.1) is 22.7 Å². The molecule has 5 heterocycles. The maximum absolute atomic E-state index is 13.4. The standard InChI is InChI=1S/C26H30N8O4S2/c1-6-12(2)19-26-31-18(10-40-26)22(36)29-16(7-15-8-27-11-34(15)5)25-30-17(9-39-25)21(35)28-13(3)24-33-20(14(4)38-24)23(37)32-19/h8-13,16,19H,6-7H2,1-5H3,(H,28,35)(H,29,36)(H,32,37)/t12-,13-,16-,19?/m0/s1. The fourth-order valence-electron chi connectivity index (χ4n) is 4.35. The quantitative estimate of drug-likeness (QED) is 0.329. The Morgan fingerprint density at radius 2 is 1.68 bits per heavy atom. The van der Waals surface area contributed by atoms with E-state index in [1.54, 1.807) is 37.1 Å². The van der Waals surface area contributed by atoms with Crippen molar-refractivity contribution in [3.05, 3.63) is 67.7 Å². The Labute approximate surface area is 238 Å². The summed E-state index contributed by atoms with van der Waals surface area (Å²) in [6.07, 6.45) is 4.60. The highest BCUT2D eigenvalue weighted by atomic mass is 32.1. The monoisotopic (exact) mass is 582 g/mol. The summed E-state index contributed by atoms with van der Waals surface area (Å²) in [7, 11) is 1.87. The first kappa shape index (κ1) is 27.6. The fraction of sp³-hybridized carbons (Fsp3) is 0.423. The molecule has 210 valence electrons. The summed E-state index contributed by atoms with van der Waals surface area (Å²) in [5.41, 5.74) is 1.46. The average molecular weight is 583 g/mol. The van der Waals surface area contributed by atoms with Crippen molar-refractivity contribution in [3.63, 3.8) is 0 Å². The van der Waals surface area contributed by atoms with Crippen molar-refractivity contribution in [2.45, 2.75) is 58.7 Å². The van der Waals surface area contributed by atoms with Gasteiger partial charge in [0.2, 0.25) is 5.89 Å². The molecule has 1 aliphatic heterocycles. The minimum absolute atomic E-state index is 0.0350. The summed E-state index contributed by atoms with van der Waals surface area (Å²) in [5, 5.41) is 13.4. The number of amides is 3. The fourth-order valence-corrected chi connectivity index (χ4v) is 6.18. The topological polar surface area (TPSA) is 157 Å². The van der Waals surface area contributed by atoms with Crippen LogP contribution in [0.25, 0.3) is 0 Å². The van der Waals surface area contributed by atoms with Crippen LogP contribution < -0.4 is 16.0 Å². The molecule has 4 aromatic rings. The zero-order valence-corrected chi connectivity index (χ0v) is 24.4. The Bertz CT molecular complexity index is 1550. The van der Waals surface area contributed by atoms with E-state index in [1.165, 1.54) is 22.7 Å². The van der Waals surface area contributed by atoms with Crippen molar-refractivity contribution in [3.8, 4) is 0 Å². The Kier molecular flexibility index (Phi) is 7.81. The van der Waals surface area contributed by atoms with Crippen molar-refractivity contribution < 1.29 is 18.8 Å². The molecule has 6 bridgehead atoms. The zero-order valence-electron chi connectivity index (χ0n) is 22.7. The van der Waals surface area contributed by atoms with Crippen molar-refractivity contribution in [1.29, 1.82) is 0 Å². The van der Waals surface area contributed by atoms with Crippen LogP contribution in [-0.2, 0) is 13.5 Å². The summed E-state index contributed by atoms with van der Waals surface area (Å²) in [5.74, 6) is -0.638. The van der Waals surface area contributed by atoms with Crippen LogP contribution in [0, 0.1) is 12.8 Å². The molecule has 0 spiro atoms. The highest BCUT2D eigenvalue weighted by Crippen LogP contribution is 2.29. The van der Waals surface area contributed by atoms with E-state index >= 15 is 0 Å². The van der Waals surface area contributed by atoms with Gasteiger partial charge >= 0.3 is 0 Å². The number of imidazole rings is 1. The number of nitrogens with one attached hydrogen (secondary N) is 3. The molecule has 1 aliphatic rings. The van der Waals surface area contributed by atoms with Gasteiger partial charge in [-0.25, -0.2) is 19.9 Å². The molecule has 3 N–H and O–H groups in total. The highest BCUT2D eigenvalue weighted by Gasteiger charge is 2.30. The Balaban J connectivity index is 1.56. The molecule has 0 fully saturated rings. The molecule has 4 aromatic heterocycles. The Hall–Kier alpha value is -3.91. The van der Waals surface area contributed by atoms with Crippen LogP contribution in [0.2, 0.25) is 0 Å². The van der Waals surface area contributed by atoms with E-state index in [1.807, 2.05) is 25.5 Å². The van der Waals surface area contributed by atoms with Crippen LogP contribution >= 0.6 is 22.7 Å². The highest BCUT2D eigenvalue weighted by molar-refractivity contribution is 7.10. The lowest BCUT2D eigenvalue weighted by Crippen LogP contribution is -2.34. The number of rotatable bonds is 4. The van der Waals surface area contributed by atoms with Crippen LogP contribution in [0.3, 0.4) is 0 Å². The van der Waals surface area contributed by atoms with Gasteiger partial charge in [-0.1, -0.05) is 20.3 Å². The van der Waals surface area contributed by atoms with E-state index in [0.29, 0.717) is 22.2 Å². The second kappa shape index (κ2) is 11.3. The summed E-state index contributed by atoms with van der Waals surface area (Å²) in [6, 6.07) is -1.59. The number of hydrogen-bond acceptors (Lipinski definition) is 10. The molecule has 4 atom stereocenters. The van der Waals surface area contributed by atoms with Gasteiger partial charge in [0.25, 0.3) is 17.7 Å². The second-order valence-electron chi connectivity index (χ2n) is 9.86. The predicted molar refractivity (Wildman–Crippen MR) is 148 cm³/mol. The third kappa shape index (κ3) is 5.54. The summed E-state index contributed by atoms with van der Waals surface area (Å²) in [4.78, 5) is 57.5. The SMILES string of the molecule is CC[C@H](C)C1NC(=O)c2nc(oc2C)[C@H](C)NC(=O)c2csc(n2)[C@H](Cc2cncn2C)NC(=O)c2csc1n2. The molecule has 14 heteroatoms. The largest absolute Gasteiger partial charge is 0.443 e. The van der Waals surface area contributed by atoms with Crippen molar-refractivity contribution in [2.75, 3.05) is 0 Å². The first-order valence-electron chi connectivity index (χ1n) is 12.9. The Morgan fingerprint density at radius 1 is 1.00 bits per heavy atom. The number of oxazole rings is 1. The summed E-state index contributed by atoms with van der Waals surface area (Å²) < 4.78 is 7.64. The van der Waals surface area contributed by atoms with Crippen LogP contribution in [0.15, 0.2) is 27.7 Å². The predicted octanol–water partition coefficient (Wildman–Crippen LogP) is 3.66. The van der Waals surface area contributed by atoms with E-state index in [0.717, 1.165) is 12.1 Å². The van der Waals surface area contributed by atoms with Crippen LogP contribution in [0.4, 0.5) is 0 Å². The van der Waals surface area contributed by atoms with E-state index in [4.69, 9.17) is 4.42 Å². The number of aryl methyl sites for hydroxylation is 2. The molecule has 0 aromatic carbocycles. The molecule has 40 heavy (non-hydrogen) atoms. The molecule has 0 aliphatic carbocycles. The van der Waals surface area contributed by atoms with Gasteiger partial charge in [0.05, 0.1) is 18.4 Å². The number of carbonyl (C=O) groups excluding carboxylic acids is 3. The third-order valence-electron chi connectivity index (χ3n) is 6.95. The van der Waals surface area contributed by atoms with E-state index in [2.05, 4.69) is 35.9 Å². The number of nitrogens with zero attached hydrogens (tertiary/aromatic N) is 5. The number of hydrogen-bond donors (Lipinski definition) is 3. The molecule has 12 nitrogen and oxygen atoms in total. The molecule has 0 saturated heterocycles. The first-order valence-corrected chi connectivity index (χ1v) is 14.7. The minimum Gasteiger partial charge on any atom is -0.443 e. The van der Waals surface area contributed by atoms with Crippen LogP contribution in [-0.4, -0.2) is 42.2 Å². The van der Waals surface area contributed by atoms with Crippen LogP contribution in [0.1, 0.15) is 104 Å². The van der Waals surface area contributed by atoms with Gasteiger partial charge in [0, 0.05) is 36.1 Å². The van der Waals surface area contributed by atoms with E-state index in [-0.39, 0.29) is 34.8 Å². The number of aromatic nitrogens is 5. The molecule has 1 unspecified atom stereocenters. The van der Waals surface area contributed by atoms with Gasteiger partial charge in [-0.3, -0.25) is 14.4 Å². The lowest BCUT2D eigenvalue weighted by atomic mass is 9.99. The molecule has 5 rings (SSSR count). The number of thiazole rings is 2. The summed E-state index contributed by atoms with van der Waals surface area (Å²) in [6.45, 7) is 7.42. The molecular weight excluding hydrogens is 552 g/mol. The lowest BCUT2D eigenvalue weighted by Gasteiger charge is -2.22. The van der Waals surface area contributed by atoms with Gasteiger partial charge in [0.1, 0.15) is 33.2 Å². The van der Waals surface area contributed by atoms with Crippen molar-refractivity contribution in [2.24, 2.45) is 13.0 Å². The second-order valence-corrected chi connectivity index (χ2v) is 11.6. The zero-order chi connectivity index (χ0) is 28.6. The summed E-state index contributed by atoms with van der Waals surface area (Å²) >= 11 is 2.59. The van der Waals surface area contributed by atoms with Gasteiger partial charge in [-0.05, 0) is 19.8 Å². The molecule has 0 radical (unpaired) electrons.